The van der Waals surface area contributed by atoms with E-state index in [2.05, 4.69) is 28.7 Å². The molecule has 1 aliphatic rings. The van der Waals surface area contributed by atoms with Crippen molar-refractivity contribution in [2.45, 2.75) is 26.8 Å². The van der Waals surface area contributed by atoms with Gasteiger partial charge in [-0.3, -0.25) is 9.69 Å². The molecular weight excluding hydrogens is 250 g/mol. The number of hydrogen-bond donors (Lipinski definition) is 1. The number of rotatable bonds is 2. The highest BCUT2D eigenvalue weighted by atomic mass is 16.1. The van der Waals surface area contributed by atoms with Gasteiger partial charge in [0.05, 0.1) is 17.4 Å². The van der Waals surface area contributed by atoms with Gasteiger partial charge in [-0.25, -0.2) is 4.98 Å². The van der Waals surface area contributed by atoms with Crippen LogP contribution in [0.15, 0.2) is 29.1 Å². The lowest BCUT2D eigenvalue weighted by atomic mass is 9.92. The number of nitrogens with one attached hydrogen (secondary N) is 1. The third-order valence-electron chi connectivity index (χ3n) is 3.98. The molecule has 1 saturated heterocycles. The molecule has 106 valence electrons. The summed E-state index contributed by atoms with van der Waals surface area (Å²) < 4.78 is 0. The van der Waals surface area contributed by atoms with Crippen LogP contribution >= 0.6 is 0 Å². The molecule has 1 aliphatic heterocycles. The maximum Gasteiger partial charge on any atom is 0.258 e. The quantitative estimate of drug-likeness (QED) is 0.912. The molecule has 0 radical (unpaired) electrons. The van der Waals surface area contributed by atoms with Crippen LogP contribution in [0.2, 0.25) is 0 Å². The molecule has 0 spiro atoms. The van der Waals surface area contributed by atoms with E-state index in [0.29, 0.717) is 17.2 Å². The number of aromatic amines is 1. The summed E-state index contributed by atoms with van der Waals surface area (Å²) in [5.74, 6) is 2.20. The van der Waals surface area contributed by atoms with E-state index in [1.54, 1.807) is 0 Å². The lowest BCUT2D eigenvalue weighted by molar-refractivity contribution is 0.131. The van der Waals surface area contributed by atoms with E-state index in [4.69, 9.17) is 0 Å². The summed E-state index contributed by atoms with van der Waals surface area (Å²) in [5, 5.41) is 0.664. The average Bonchev–Trinajstić information content (AvgIpc) is 2.37. The normalized spacial score (nSPS) is 24.1. The highest BCUT2D eigenvalue weighted by Crippen LogP contribution is 2.21. The number of H-pyrrole nitrogens is 1. The minimum absolute atomic E-state index is 0.0382. The van der Waals surface area contributed by atoms with Crippen LogP contribution in [0.1, 0.15) is 26.1 Å². The van der Waals surface area contributed by atoms with Gasteiger partial charge in [0, 0.05) is 13.1 Å². The summed E-state index contributed by atoms with van der Waals surface area (Å²) in [6.07, 6.45) is 1.29. The summed E-state index contributed by atoms with van der Waals surface area (Å²) in [6.45, 7) is 7.48. The van der Waals surface area contributed by atoms with E-state index in [9.17, 15) is 4.79 Å². The number of nitrogens with zero attached hydrogens (tertiary/aromatic N) is 2. The van der Waals surface area contributed by atoms with Gasteiger partial charge in [-0.1, -0.05) is 26.0 Å². The van der Waals surface area contributed by atoms with E-state index < -0.39 is 0 Å². The number of fused-ring (bicyclic) bond motifs is 1. The van der Waals surface area contributed by atoms with Gasteiger partial charge in [-0.05, 0) is 30.4 Å². The van der Waals surface area contributed by atoms with Crippen LogP contribution in [0.5, 0.6) is 0 Å². The van der Waals surface area contributed by atoms with Crippen molar-refractivity contribution in [2.75, 3.05) is 13.1 Å². The van der Waals surface area contributed by atoms with Gasteiger partial charge in [0.25, 0.3) is 5.56 Å². The van der Waals surface area contributed by atoms with Crippen LogP contribution in [-0.2, 0) is 6.54 Å². The zero-order valence-corrected chi connectivity index (χ0v) is 12.1. The molecule has 1 fully saturated rings. The smallest absolute Gasteiger partial charge is 0.258 e. The molecule has 4 nitrogen and oxygen atoms in total. The minimum atomic E-state index is -0.0382. The first-order chi connectivity index (χ1) is 9.61. The van der Waals surface area contributed by atoms with Gasteiger partial charge in [0.1, 0.15) is 5.82 Å². The van der Waals surface area contributed by atoms with Crippen molar-refractivity contribution in [3.05, 3.63) is 40.4 Å². The molecule has 4 heteroatoms. The van der Waals surface area contributed by atoms with Crippen molar-refractivity contribution in [3.8, 4) is 0 Å². The van der Waals surface area contributed by atoms with Crippen molar-refractivity contribution in [1.29, 1.82) is 0 Å². The summed E-state index contributed by atoms with van der Waals surface area (Å²) >= 11 is 0. The average molecular weight is 271 g/mol. The largest absolute Gasteiger partial charge is 0.309 e. The first kappa shape index (κ1) is 13.3. The second-order valence-corrected chi connectivity index (χ2v) is 6.17. The van der Waals surface area contributed by atoms with Crippen LogP contribution < -0.4 is 5.56 Å². The Hall–Kier alpha value is -1.68. The number of benzene rings is 1. The van der Waals surface area contributed by atoms with Crippen LogP contribution in [-0.4, -0.2) is 28.0 Å². The molecule has 3 rings (SSSR count). The molecular formula is C16H21N3O. The van der Waals surface area contributed by atoms with Crippen LogP contribution in [0, 0.1) is 11.8 Å². The zero-order chi connectivity index (χ0) is 14.1. The van der Waals surface area contributed by atoms with Gasteiger partial charge in [0.15, 0.2) is 0 Å². The Morgan fingerprint density at radius 1 is 1.25 bits per heavy atom. The van der Waals surface area contributed by atoms with Gasteiger partial charge in [0.2, 0.25) is 0 Å². The van der Waals surface area contributed by atoms with Crippen molar-refractivity contribution in [1.82, 2.24) is 14.9 Å². The fraction of sp³-hybridized carbons (Fsp3) is 0.500. The molecule has 2 atom stereocenters. The Bertz CT molecular complexity index is 654. The van der Waals surface area contributed by atoms with Crippen LogP contribution in [0.3, 0.4) is 0 Å². The molecule has 1 aromatic heterocycles. The molecule has 1 N–H and O–H groups in total. The van der Waals surface area contributed by atoms with Gasteiger partial charge in [-0.2, -0.15) is 0 Å². The third kappa shape index (κ3) is 2.75. The molecule has 0 amide bonds. The highest BCUT2D eigenvalue weighted by Gasteiger charge is 2.22. The first-order valence-electron chi connectivity index (χ1n) is 7.32. The molecule has 2 aromatic rings. The fourth-order valence-corrected chi connectivity index (χ4v) is 3.34. The molecule has 2 heterocycles. The minimum Gasteiger partial charge on any atom is -0.309 e. The lowest BCUT2D eigenvalue weighted by Gasteiger charge is -2.34. The van der Waals surface area contributed by atoms with E-state index in [1.165, 1.54) is 6.42 Å². The van der Waals surface area contributed by atoms with Crippen molar-refractivity contribution in [2.24, 2.45) is 11.8 Å². The van der Waals surface area contributed by atoms with Crippen molar-refractivity contribution in [3.63, 3.8) is 0 Å². The summed E-state index contributed by atoms with van der Waals surface area (Å²) in [5.41, 5.74) is 0.744. The highest BCUT2D eigenvalue weighted by molar-refractivity contribution is 5.77. The van der Waals surface area contributed by atoms with Crippen LogP contribution in [0.4, 0.5) is 0 Å². The first-order valence-corrected chi connectivity index (χ1v) is 7.32. The fourth-order valence-electron chi connectivity index (χ4n) is 3.34. The maximum absolute atomic E-state index is 12.1. The Kier molecular flexibility index (Phi) is 3.57. The Balaban J connectivity index is 1.86. The number of para-hydroxylation sites is 1. The predicted molar refractivity (Wildman–Crippen MR) is 80.6 cm³/mol. The number of hydrogen-bond acceptors (Lipinski definition) is 3. The van der Waals surface area contributed by atoms with E-state index in [-0.39, 0.29) is 5.56 Å². The standard InChI is InChI=1S/C16H21N3O/c1-11-7-12(2)9-19(8-11)10-15-17-14-6-4-3-5-13(14)16(20)18-15/h3-6,11-12H,7-10H2,1-2H3,(H,17,18,20). The third-order valence-corrected chi connectivity index (χ3v) is 3.98. The van der Waals surface area contributed by atoms with E-state index in [0.717, 1.165) is 31.0 Å². The lowest BCUT2D eigenvalue weighted by Crippen LogP contribution is -2.38. The Morgan fingerprint density at radius 3 is 2.70 bits per heavy atom. The topological polar surface area (TPSA) is 49.0 Å². The second-order valence-electron chi connectivity index (χ2n) is 6.17. The van der Waals surface area contributed by atoms with Crippen molar-refractivity contribution < 1.29 is 0 Å². The SMILES string of the molecule is CC1CC(C)CN(Cc2nc3ccccc3c(=O)[nH]2)C1. The van der Waals surface area contributed by atoms with Crippen LogP contribution in [0.25, 0.3) is 10.9 Å². The maximum atomic E-state index is 12.1. The predicted octanol–water partition coefficient (Wildman–Crippen LogP) is 2.40. The number of aromatic nitrogens is 2. The number of likely N-dealkylation sites (tertiary alicyclic amines) is 1. The molecule has 0 aliphatic carbocycles. The summed E-state index contributed by atoms with van der Waals surface area (Å²) in [7, 11) is 0. The summed E-state index contributed by atoms with van der Waals surface area (Å²) in [6, 6.07) is 7.50. The molecule has 0 saturated carbocycles. The second kappa shape index (κ2) is 5.37. The monoisotopic (exact) mass is 271 g/mol. The van der Waals surface area contributed by atoms with Gasteiger partial charge >= 0.3 is 0 Å². The van der Waals surface area contributed by atoms with Crippen molar-refractivity contribution >= 4 is 10.9 Å². The molecule has 1 aromatic carbocycles. The Morgan fingerprint density at radius 2 is 1.95 bits per heavy atom. The van der Waals surface area contributed by atoms with Gasteiger partial charge < -0.3 is 4.98 Å². The molecule has 20 heavy (non-hydrogen) atoms. The molecule has 2 unspecified atom stereocenters. The Labute approximate surface area is 118 Å². The van der Waals surface area contributed by atoms with E-state index >= 15 is 0 Å². The summed E-state index contributed by atoms with van der Waals surface area (Å²) in [4.78, 5) is 22.0. The van der Waals surface area contributed by atoms with E-state index in [1.807, 2.05) is 24.3 Å². The zero-order valence-electron chi connectivity index (χ0n) is 12.1. The van der Waals surface area contributed by atoms with Gasteiger partial charge in [-0.15, -0.1) is 0 Å². The molecule has 0 bridgehead atoms. The number of piperidine rings is 1.